The molecule has 19 heavy (non-hydrogen) atoms. The first-order valence-electron chi connectivity index (χ1n) is 5.41. The van der Waals surface area contributed by atoms with Crippen molar-refractivity contribution in [2.24, 2.45) is 0 Å². The van der Waals surface area contributed by atoms with E-state index in [0.717, 1.165) is 11.1 Å². The molecule has 0 heterocycles. The second-order valence-electron chi connectivity index (χ2n) is 3.74. The Bertz CT molecular complexity index is 395. The smallest absolute Gasteiger partial charge is 0.0668 e. The molecule has 0 unspecified atom stereocenters. The summed E-state index contributed by atoms with van der Waals surface area (Å²) in [6, 6.07) is 18.1. The summed E-state index contributed by atoms with van der Waals surface area (Å²) in [5.41, 5.74) is 9.62. The molecule has 2 nitrogen and oxygen atoms in total. The van der Waals surface area contributed by atoms with E-state index in [-0.39, 0.29) is 7.43 Å². The Hall–Kier alpha value is -0.727. The van der Waals surface area contributed by atoms with Crippen LogP contribution in [0.2, 0.25) is 0 Å². The van der Waals surface area contributed by atoms with E-state index in [2.05, 4.69) is 9.69 Å². The third kappa shape index (κ3) is 5.42. The Morgan fingerprint density at radius 2 is 1.21 bits per heavy atom. The number of benzene rings is 2. The molecule has 2 N–H and O–H groups in total. The topological polar surface area (TPSA) is 44.0 Å². The molecule has 2 aromatic carbocycles. The standard InChI is InChI=1S/C14H14NO.CH3.ClH.Ru/c15-13(11-7-3-1-4-8-11)14(16)12-9-5-2-6-10-12;;;/h1-10,13-16H;1H3;1H;/q2*-1;;+3/p-1/t13-,14-;;;/m0.../s1. The molecule has 0 aliphatic rings. The molecule has 2 atom stereocenters. The minimum atomic E-state index is -0.774. The first-order chi connectivity index (χ1) is 8.79. The third-order valence-corrected chi connectivity index (χ3v) is 2.62. The molecule has 2 rings (SSSR count). The fraction of sp³-hybridized carbons (Fsp3) is 0.133. The monoisotopic (exact) mass is 364 g/mol. The SMILES string of the molecule is [CH3-].[Cl][Ru+2].[NH-][C@@H](c1ccccc1)[C@@H](O)c1ccccc1. The second kappa shape index (κ2) is 10.1. The molecule has 4 heteroatoms. The number of rotatable bonds is 3. The van der Waals surface area contributed by atoms with Crippen LogP contribution in [0.3, 0.4) is 0 Å². The molecule has 103 valence electrons. The molecule has 0 radical (unpaired) electrons. The van der Waals surface area contributed by atoms with Gasteiger partial charge in [-0.15, -0.1) is 0 Å². The van der Waals surface area contributed by atoms with Crippen molar-refractivity contribution in [3.8, 4) is 0 Å². The Kier molecular flexibility index (Phi) is 9.72. The molecule has 0 aliphatic heterocycles. The van der Waals surface area contributed by atoms with Gasteiger partial charge in [0.05, 0.1) is 6.10 Å². The quantitative estimate of drug-likeness (QED) is 0.626. The van der Waals surface area contributed by atoms with Crippen molar-refractivity contribution in [1.29, 1.82) is 0 Å². The maximum Gasteiger partial charge on any atom is 0.0668 e. The number of hydrogen-bond acceptors (Lipinski definition) is 1. The molecule has 2 aromatic rings. The van der Waals surface area contributed by atoms with E-state index in [4.69, 9.17) is 5.73 Å². The average Bonchev–Trinajstić information content (AvgIpc) is 2.49. The Balaban J connectivity index is 0.00000103. The van der Waals surface area contributed by atoms with Gasteiger partial charge in [0.15, 0.2) is 0 Å². The molecule has 0 saturated carbocycles. The molecule has 0 saturated heterocycles. The first kappa shape index (κ1) is 18.3. The summed E-state index contributed by atoms with van der Waals surface area (Å²) in [6.45, 7) is 0. The van der Waals surface area contributed by atoms with Gasteiger partial charge in [-0.25, -0.2) is 0 Å². The fourth-order valence-electron chi connectivity index (χ4n) is 1.69. The predicted molar refractivity (Wildman–Crippen MR) is 77.2 cm³/mol. The number of nitrogens with one attached hydrogen (secondary N) is 1. The normalized spacial score (nSPS) is 12.4. The van der Waals surface area contributed by atoms with Crippen molar-refractivity contribution in [3.63, 3.8) is 0 Å². The van der Waals surface area contributed by atoms with Crippen LogP contribution in [-0.2, 0) is 17.3 Å². The van der Waals surface area contributed by atoms with E-state index < -0.39 is 12.1 Å². The van der Waals surface area contributed by atoms with Crippen LogP contribution in [0.1, 0.15) is 23.3 Å². The molecular weight excluding hydrogens is 347 g/mol. The van der Waals surface area contributed by atoms with Crippen molar-refractivity contribution < 1.29 is 22.4 Å². The minimum Gasteiger partial charge on any atom is -0.668 e. The molecule has 0 fully saturated rings. The zero-order valence-corrected chi connectivity index (χ0v) is 13.1. The summed E-state index contributed by atoms with van der Waals surface area (Å²) in [5.74, 6) is 0. The summed E-state index contributed by atoms with van der Waals surface area (Å²) in [4.78, 5) is 0. The van der Waals surface area contributed by atoms with Gasteiger partial charge in [0.1, 0.15) is 0 Å². The van der Waals surface area contributed by atoms with Crippen molar-refractivity contribution >= 4 is 9.69 Å². The summed E-state index contributed by atoms with van der Waals surface area (Å²) in [6.07, 6.45) is -0.774. The summed E-state index contributed by atoms with van der Waals surface area (Å²) in [7, 11) is 4.57. The van der Waals surface area contributed by atoms with Gasteiger partial charge in [0, 0.05) is 0 Å². The second-order valence-corrected chi connectivity index (χ2v) is 3.74. The fourth-order valence-corrected chi connectivity index (χ4v) is 1.69. The Labute approximate surface area is 129 Å². The van der Waals surface area contributed by atoms with Crippen molar-refractivity contribution in [1.82, 2.24) is 0 Å². The van der Waals surface area contributed by atoms with E-state index in [1.165, 1.54) is 0 Å². The largest absolute Gasteiger partial charge is 0.668 e. The number of aliphatic hydroxyl groups is 1. The Morgan fingerprint density at radius 1 is 0.842 bits per heavy atom. The zero-order chi connectivity index (χ0) is 13.4. The van der Waals surface area contributed by atoms with Crippen LogP contribution in [0.25, 0.3) is 5.73 Å². The minimum absolute atomic E-state index is 0. The van der Waals surface area contributed by atoms with Gasteiger partial charge in [0.2, 0.25) is 0 Å². The van der Waals surface area contributed by atoms with E-state index in [0.29, 0.717) is 0 Å². The Morgan fingerprint density at radius 3 is 1.63 bits per heavy atom. The van der Waals surface area contributed by atoms with Crippen molar-refractivity contribution in [3.05, 3.63) is 85.0 Å². The number of halogens is 1. The maximum atomic E-state index is 10.1. The van der Waals surface area contributed by atoms with Crippen molar-refractivity contribution in [2.45, 2.75) is 12.1 Å². The van der Waals surface area contributed by atoms with Gasteiger partial charge in [-0.3, -0.25) is 0 Å². The number of hydrogen-bond donors (Lipinski definition) is 1. The third-order valence-electron chi connectivity index (χ3n) is 2.62. The zero-order valence-electron chi connectivity index (χ0n) is 10.6. The molecule has 0 spiro atoms. The van der Waals surface area contributed by atoms with Gasteiger partial charge in [-0.1, -0.05) is 72.3 Å². The van der Waals surface area contributed by atoms with Gasteiger partial charge in [-0.2, -0.15) is 0 Å². The van der Waals surface area contributed by atoms with E-state index in [1.807, 2.05) is 78.0 Å². The van der Waals surface area contributed by atoms with Gasteiger partial charge >= 0.3 is 27.0 Å². The average molecular weight is 364 g/mol. The molecule has 0 aliphatic carbocycles. The maximum absolute atomic E-state index is 10.1. The van der Waals surface area contributed by atoms with Crippen LogP contribution in [0.4, 0.5) is 0 Å². The van der Waals surface area contributed by atoms with Gasteiger partial charge in [-0.05, 0) is 5.56 Å². The summed E-state index contributed by atoms with van der Waals surface area (Å²) < 4.78 is 0. The van der Waals surface area contributed by atoms with Crippen LogP contribution in [0.5, 0.6) is 0 Å². The van der Waals surface area contributed by atoms with Gasteiger partial charge in [0.25, 0.3) is 0 Å². The van der Waals surface area contributed by atoms with Crippen LogP contribution in [0, 0.1) is 7.43 Å². The first-order valence-corrected chi connectivity index (χ1v) is 7.65. The molecule has 0 amide bonds. The molecule has 0 bridgehead atoms. The van der Waals surface area contributed by atoms with Crippen LogP contribution in [-0.4, -0.2) is 5.11 Å². The summed E-state index contributed by atoms with van der Waals surface area (Å²) >= 11 is 1.82. The van der Waals surface area contributed by atoms with E-state index in [1.54, 1.807) is 0 Å². The van der Waals surface area contributed by atoms with Crippen LogP contribution in [0.15, 0.2) is 60.7 Å². The van der Waals surface area contributed by atoms with Crippen molar-refractivity contribution in [2.75, 3.05) is 0 Å². The van der Waals surface area contributed by atoms with Crippen LogP contribution < -0.4 is 0 Å². The van der Waals surface area contributed by atoms with E-state index >= 15 is 0 Å². The van der Waals surface area contributed by atoms with E-state index in [9.17, 15) is 5.11 Å². The van der Waals surface area contributed by atoms with Crippen LogP contribution >= 0.6 is 9.69 Å². The predicted octanol–water partition coefficient (Wildman–Crippen LogP) is 4.65. The number of aliphatic hydroxyl groups excluding tert-OH is 1. The molecular formula is C15H17ClNORu. The molecule has 0 aromatic heterocycles. The summed E-state index contributed by atoms with van der Waals surface area (Å²) in [5, 5.41) is 10.1. The van der Waals surface area contributed by atoms with Gasteiger partial charge < -0.3 is 18.3 Å².